The quantitative estimate of drug-likeness (QED) is 0.834. The number of hydrogen-bond acceptors (Lipinski definition) is 3. The van der Waals surface area contributed by atoms with Gasteiger partial charge in [-0.15, -0.1) is 0 Å². The molecule has 3 heteroatoms. The minimum atomic E-state index is 0.668. The molecule has 18 heavy (non-hydrogen) atoms. The highest BCUT2D eigenvalue weighted by Gasteiger charge is 2.18. The molecule has 1 N–H and O–H groups in total. The normalized spacial score (nSPS) is 14.6. The van der Waals surface area contributed by atoms with Gasteiger partial charge in [0, 0.05) is 24.4 Å². The Bertz CT molecular complexity index is 620. The van der Waals surface area contributed by atoms with Crippen LogP contribution < -0.4 is 5.32 Å². The van der Waals surface area contributed by atoms with Crippen molar-refractivity contribution in [2.75, 3.05) is 19.0 Å². The van der Waals surface area contributed by atoms with Crippen LogP contribution in [0.15, 0.2) is 12.1 Å². The van der Waals surface area contributed by atoms with E-state index in [4.69, 9.17) is 9.72 Å². The van der Waals surface area contributed by atoms with Gasteiger partial charge in [-0.1, -0.05) is 12.1 Å². The summed E-state index contributed by atoms with van der Waals surface area (Å²) in [5, 5.41) is 4.52. The highest BCUT2D eigenvalue weighted by atomic mass is 16.5. The van der Waals surface area contributed by atoms with Crippen molar-refractivity contribution in [3.63, 3.8) is 0 Å². The van der Waals surface area contributed by atoms with Crippen molar-refractivity contribution in [2.45, 2.75) is 26.9 Å². The Morgan fingerprint density at radius 3 is 2.89 bits per heavy atom. The Balaban J connectivity index is 2.40. The summed E-state index contributed by atoms with van der Waals surface area (Å²) in [5.74, 6) is 0. The molecule has 3 nitrogen and oxygen atoms in total. The zero-order chi connectivity index (χ0) is 12.7. The number of fused-ring (bicyclic) bond motifs is 2. The first-order chi connectivity index (χ1) is 8.72. The zero-order valence-electron chi connectivity index (χ0n) is 11.1. The second kappa shape index (κ2) is 4.25. The second-order valence-corrected chi connectivity index (χ2v) is 4.87. The van der Waals surface area contributed by atoms with Crippen LogP contribution >= 0.6 is 0 Å². The molecule has 1 aromatic heterocycles. The van der Waals surface area contributed by atoms with Crippen molar-refractivity contribution >= 4 is 16.6 Å². The van der Waals surface area contributed by atoms with Crippen LogP contribution in [0.1, 0.15) is 22.4 Å². The van der Waals surface area contributed by atoms with E-state index < -0.39 is 0 Å². The van der Waals surface area contributed by atoms with Gasteiger partial charge in [-0.25, -0.2) is 0 Å². The largest absolute Gasteiger partial charge is 0.387 e. The highest BCUT2D eigenvalue weighted by molar-refractivity contribution is 5.95. The molecule has 0 unspecified atom stereocenters. The lowest BCUT2D eigenvalue weighted by Gasteiger charge is -2.21. The monoisotopic (exact) mass is 242 g/mol. The van der Waals surface area contributed by atoms with Gasteiger partial charge in [0.15, 0.2) is 0 Å². The molecule has 1 aliphatic heterocycles. The van der Waals surface area contributed by atoms with E-state index in [0.29, 0.717) is 6.61 Å². The third-order valence-corrected chi connectivity index (χ3v) is 3.85. The van der Waals surface area contributed by atoms with Crippen LogP contribution in [0.3, 0.4) is 0 Å². The Labute approximate surface area is 107 Å². The van der Waals surface area contributed by atoms with Crippen LogP contribution in [-0.2, 0) is 17.8 Å². The van der Waals surface area contributed by atoms with Crippen LogP contribution in [0.5, 0.6) is 0 Å². The maximum atomic E-state index is 5.56. The van der Waals surface area contributed by atoms with E-state index >= 15 is 0 Å². The molecule has 0 saturated heterocycles. The molecule has 2 aromatic rings. The molecule has 0 fully saturated rings. The summed E-state index contributed by atoms with van der Waals surface area (Å²) in [6, 6.07) is 4.32. The molecule has 0 bridgehead atoms. The topological polar surface area (TPSA) is 34.2 Å². The minimum absolute atomic E-state index is 0.668. The molecule has 0 atom stereocenters. The number of anilines is 1. The Kier molecular flexibility index (Phi) is 2.71. The molecule has 0 saturated carbocycles. The SMILES string of the molecule is CNc1c2c(nc3c(C)c(C)ccc13)CCOC2. The number of rotatable bonds is 1. The number of benzene rings is 1. The number of ether oxygens (including phenoxy) is 1. The Morgan fingerprint density at radius 1 is 1.28 bits per heavy atom. The van der Waals surface area contributed by atoms with E-state index in [1.54, 1.807) is 0 Å². The lowest BCUT2D eigenvalue weighted by atomic mass is 9.99. The summed E-state index contributed by atoms with van der Waals surface area (Å²) >= 11 is 0. The van der Waals surface area contributed by atoms with Gasteiger partial charge in [0.2, 0.25) is 0 Å². The molecule has 0 amide bonds. The number of aromatic nitrogens is 1. The molecule has 0 aliphatic carbocycles. The van der Waals surface area contributed by atoms with Gasteiger partial charge in [-0.2, -0.15) is 0 Å². The molecule has 0 spiro atoms. The van der Waals surface area contributed by atoms with Crippen molar-refractivity contribution in [3.8, 4) is 0 Å². The summed E-state index contributed by atoms with van der Waals surface area (Å²) < 4.78 is 5.56. The molecule has 0 radical (unpaired) electrons. The van der Waals surface area contributed by atoms with E-state index in [-0.39, 0.29) is 0 Å². The van der Waals surface area contributed by atoms with Crippen LogP contribution in [-0.4, -0.2) is 18.6 Å². The van der Waals surface area contributed by atoms with E-state index in [2.05, 4.69) is 31.3 Å². The van der Waals surface area contributed by atoms with Crippen LogP contribution in [0, 0.1) is 13.8 Å². The van der Waals surface area contributed by atoms with Crippen molar-refractivity contribution in [3.05, 3.63) is 34.5 Å². The van der Waals surface area contributed by atoms with E-state index in [1.165, 1.54) is 33.5 Å². The number of nitrogens with zero attached hydrogens (tertiary/aromatic N) is 1. The van der Waals surface area contributed by atoms with Gasteiger partial charge < -0.3 is 10.1 Å². The predicted octanol–water partition coefficient (Wildman–Crippen LogP) is 2.97. The Hall–Kier alpha value is -1.61. The number of nitrogens with one attached hydrogen (secondary N) is 1. The fourth-order valence-electron chi connectivity index (χ4n) is 2.65. The van der Waals surface area contributed by atoms with Crippen molar-refractivity contribution in [1.82, 2.24) is 4.98 Å². The standard InChI is InChI=1S/C15H18N2O/c1-9-4-5-11-14(10(9)2)17-13-6-7-18-8-12(13)15(11)16-3/h4-5H,6-8H2,1-3H3,(H,16,17). The third-order valence-electron chi connectivity index (χ3n) is 3.85. The first-order valence-electron chi connectivity index (χ1n) is 6.39. The average molecular weight is 242 g/mol. The third kappa shape index (κ3) is 1.58. The lowest BCUT2D eigenvalue weighted by Crippen LogP contribution is -2.14. The Morgan fingerprint density at radius 2 is 2.11 bits per heavy atom. The molecule has 1 aliphatic rings. The maximum absolute atomic E-state index is 5.56. The van der Waals surface area contributed by atoms with E-state index in [9.17, 15) is 0 Å². The van der Waals surface area contributed by atoms with Crippen LogP contribution in [0.2, 0.25) is 0 Å². The first-order valence-corrected chi connectivity index (χ1v) is 6.39. The van der Waals surface area contributed by atoms with Crippen molar-refractivity contribution in [1.29, 1.82) is 0 Å². The summed E-state index contributed by atoms with van der Waals surface area (Å²) in [4.78, 5) is 4.86. The van der Waals surface area contributed by atoms with Gasteiger partial charge in [0.25, 0.3) is 0 Å². The summed E-state index contributed by atoms with van der Waals surface area (Å²) in [5.41, 5.74) is 7.28. The average Bonchev–Trinajstić information content (AvgIpc) is 2.41. The van der Waals surface area contributed by atoms with Crippen LogP contribution in [0.4, 0.5) is 5.69 Å². The lowest BCUT2D eigenvalue weighted by molar-refractivity contribution is 0.110. The van der Waals surface area contributed by atoms with Crippen molar-refractivity contribution < 1.29 is 4.74 Å². The highest BCUT2D eigenvalue weighted by Crippen LogP contribution is 2.33. The van der Waals surface area contributed by atoms with Gasteiger partial charge in [0.1, 0.15) is 0 Å². The predicted molar refractivity (Wildman–Crippen MR) is 74.1 cm³/mol. The number of aryl methyl sites for hydroxylation is 2. The molecular formula is C15H18N2O. The fourth-order valence-corrected chi connectivity index (χ4v) is 2.65. The smallest absolute Gasteiger partial charge is 0.0758 e. The zero-order valence-corrected chi connectivity index (χ0v) is 11.1. The van der Waals surface area contributed by atoms with Gasteiger partial charge in [-0.3, -0.25) is 4.98 Å². The molecular weight excluding hydrogens is 224 g/mol. The fraction of sp³-hybridized carbons (Fsp3) is 0.400. The van der Waals surface area contributed by atoms with Crippen LogP contribution in [0.25, 0.3) is 10.9 Å². The molecule has 94 valence electrons. The minimum Gasteiger partial charge on any atom is -0.387 e. The van der Waals surface area contributed by atoms with Gasteiger partial charge >= 0.3 is 0 Å². The van der Waals surface area contributed by atoms with Crippen molar-refractivity contribution in [2.24, 2.45) is 0 Å². The summed E-state index contributed by atoms with van der Waals surface area (Å²) in [6.07, 6.45) is 0.910. The number of hydrogen-bond donors (Lipinski definition) is 1. The summed E-state index contributed by atoms with van der Waals surface area (Å²) in [6.45, 7) is 5.73. The molecule has 3 rings (SSSR count). The molecule has 1 aromatic carbocycles. The van der Waals surface area contributed by atoms with Gasteiger partial charge in [-0.05, 0) is 25.0 Å². The molecule has 2 heterocycles. The number of pyridine rings is 1. The second-order valence-electron chi connectivity index (χ2n) is 4.87. The van der Waals surface area contributed by atoms with Gasteiger partial charge in [0.05, 0.1) is 30.1 Å². The maximum Gasteiger partial charge on any atom is 0.0758 e. The summed E-state index contributed by atoms with van der Waals surface area (Å²) in [7, 11) is 1.97. The van der Waals surface area contributed by atoms with E-state index in [0.717, 1.165) is 18.5 Å². The first kappa shape index (κ1) is 11.5. The van der Waals surface area contributed by atoms with E-state index in [1.807, 2.05) is 7.05 Å².